The maximum atomic E-state index is 12.4. The molecule has 0 saturated heterocycles. The Hall–Kier alpha value is -0.530. The molecule has 0 radical (unpaired) electrons. The highest BCUT2D eigenvalue weighted by Gasteiger charge is 2.12. The minimum absolute atomic E-state index is 0.0553. The molecule has 0 aromatic carbocycles. The van der Waals surface area contributed by atoms with Crippen LogP contribution in [0.1, 0.15) is 226 Å². The van der Waals surface area contributed by atoms with Crippen LogP contribution in [-0.2, 0) is 9.53 Å². The Morgan fingerprint density at radius 1 is 0.400 bits per heavy atom. The molecule has 0 fully saturated rings. The molecule has 0 aromatic heterocycles. The zero-order chi connectivity index (χ0) is 29.2. The average Bonchev–Trinajstić information content (AvgIpc) is 2.96. The summed E-state index contributed by atoms with van der Waals surface area (Å²) in [6.07, 6.45) is 42.6. The van der Waals surface area contributed by atoms with Crippen molar-refractivity contribution in [2.45, 2.75) is 226 Å². The topological polar surface area (TPSA) is 26.3 Å². The van der Waals surface area contributed by atoms with E-state index in [4.69, 9.17) is 4.74 Å². The molecule has 0 rings (SSSR count). The minimum Gasteiger partial charge on any atom is -0.465 e. The highest BCUT2D eigenvalue weighted by atomic mass is 16.5. The van der Waals surface area contributed by atoms with E-state index in [1.54, 1.807) is 0 Å². The summed E-state index contributed by atoms with van der Waals surface area (Å²) in [5, 5.41) is 0. The van der Waals surface area contributed by atoms with Gasteiger partial charge in [-0.05, 0) is 25.2 Å². The Bertz CT molecular complexity index is 474. The van der Waals surface area contributed by atoms with E-state index in [-0.39, 0.29) is 5.97 Å². The summed E-state index contributed by atoms with van der Waals surface area (Å²) in [7, 11) is 0. The Kier molecular flexibility index (Phi) is 34.2. The van der Waals surface area contributed by atoms with Crippen LogP contribution in [0.3, 0.4) is 0 Å². The fourth-order valence-electron chi connectivity index (χ4n) is 6.01. The monoisotopic (exact) mass is 565 g/mol. The standard InChI is InChI=1S/C38H76O2/c1-4-7-10-13-16-18-19-20-21-23-26-29-32-35-38(39)40-36-37(33-30-27-24-15-12-9-6-3)34-31-28-25-22-17-14-11-8-5-2/h37H,4-36H2,1-3H3. The second-order valence-corrected chi connectivity index (χ2v) is 13.1. The van der Waals surface area contributed by atoms with Gasteiger partial charge in [-0.1, -0.05) is 201 Å². The van der Waals surface area contributed by atoms with E-state index in [0.717, 1.165) is 6.42 Å². The van der Waals surface area contributed by atoms with Crippen molar-refractivity contribution in [3.63, 3.8) is 0 Å². The van der Waals surface area contributed by atoms with Gasteiger partial charge in [0.25, 0.3) is 0 Å². The molecule has 0 amide bonds. The normalized spacial score (nSPS) is 12.2. The summed E-state index contributed by atoms with van der Waals surface area (Å²) in [5.74, 6) is 0.635. The molecular formula is C38H76O2. The van der Waals surface area contributed by atoms with Gasteiger partial charge in [-0.3, -0.25) is 4.79 Å². The van der Waals surface area contributed by atoms with Crippen LogP contribution >= 0.6 is 0 Å². The molecule has 0 aliphatic heterocycles. The number of carbonyl (C=O) groups excluding carboxylic acids is 1. The summed E-state index contributed by atoms with van der Waals surface area (Å²) in [6.45, 7) is 7.54. The Labute approximate surface area is 254 Å². The first-order valence-electron chi connectivity index (χ1n) is 18.9. The quantitative estimate of drug-likeness (QED) is 0.0574. The van der Waals surface area contributed by atoms with Gasteiger partial charge in [0.05, 0.1) is 6.61 Å². The van der Waals surface area contributed by atoms with E-state index in [1.807, 2.05) is 0 Å². The van der Waals surface area contributed by atoms with Crippen molar-refractivity contribution < 1.29 is 9.53 Å². The van der Waals surface area contributed by atoms with Crippen molar-refractivity contribution >= 4 is 5.97 Å². The molecule has 240 valence electrons. The van der Waals surface area contributed by atoms with Gasteiger partial charge in [0, 0.05) is 6.42 Å². The highest BCUT2D eigenvalue weighted by Crippen LogP contribution is 2.21. The Morgan fingerprint density at radius 3 is 1.00 bits per heavy atom. The zero-order valence-electron chi connectivity index (χ0n) is 28.2. The van der Waals surface area contributed by atoms with E-state index in [1.165, 1.54) is 193 Å². The van der Waals surface area contributed by atoms with Crippen molar-refractivity contribution in [3.8, 4) is 0 Å². The molecule has 1 unspecified atom stereocenters. The third-order valence-electron chi connectivity index (χ3n) is 8.90. The number of hydrogen-bond acceptors (Lipinski definition) is 2. The molecule has 0 heterocycles. The van der Waals surface area contributed by atoms with Gasteiger partial charge >= 0.3 is 5.97 Å². The fraction of sp³-hybridized carbons (Fsp3) is 0.974. The number of unbranched alkanes of at least 4 members (excludes halogenated alkanes) is 26. The summed E-state index contributed by atoms with van der Waals surface area (Å²) in [6, 6.07) is 0. The van der Waals surface area contributed by atoms with Crippen LogP contribution in [0.25, 0.3) is 0 Å². The van der Waals surface area contributed by atoms with E-state index in [9.17, 15) is 4.79 Å². The first-order chi connectivity index (χ1) is 19.7. The number of rotatable bonds is 34. The van der Waals surface area contributed by atoms with E-state index >= 15 is 0 Å². The Morgan fingerprint density at radius 2 is 0.675 bits per heavy atom. The lowest BCUT2D eigenvalue weighted by molar-refractivity contribution is -0.145. The van der Waals surface area contributed by atoms with Crippen molar-refractivity contribution in [1.29, 1.82) is 0 Å². The first kappa shape index (κ1) is 39.5. The van der Waals surface area contributed by atoms with Crippen molar-refractivity contribution in [2.75, 3.05) is 6.61 Å². The molecule has 1 atom stereocenters. The lowest BCUT2D eigenvalue weighted by Gasteiger charge is -2.17. The summed E-state index contributed by atoms with van der Waals surface area (Å²) in [4.78, 5) is 12.4. The van der Waals surface area contributed by atoms with Gasteiger partial charge in [-0.15, -0.1) is 0 Å². The third-order valence-corrected chi connectivity index (χ3v) is 8.90. The third kappa shape index (κ3) is 32.0. The molecule has 0 aliphatic rings. The molecule has 2 nitrogen and oxygen atoms in total. The maximum Gasteiger partial charge on any atom is 0.305 e. The maximum absolute atomic E-state index is 12.4. The van der Waals surface area contributed by atoms with Gasteiger partial charge in [-0.2, -0.15) is 0 Å². The number of esters is 1. The van der Waals surface area contributed by atoms with Crippen LogP contribution in [0.15, 0.2) is 0 Å². The molecule has 0 spiro atoms. The van der Waals surface area contributed by atoms with Crippen LogP contribution < -0.4 is 0 Å². The molecule has 0 saturated carbocycles. The van der Waals surface area contributed by atoms with Crippen LogP contribution in [0.2, 0.25) is 0 Å². The minimum atomic E-state index is 0.0553. The molecule has 2 heteroatoms. The lowest BCUT2D eigenvalue weighted by Crippen LogP contribution is -2.14. The van der Waals surface area contributed by atoms with Crippen LogP contribution in [-0.4, -0.2) is 12.6 Å². The summed E-state index contributed by atoms with van der Waals surface area (Å²) >= 11 is 0. The number of ether oxygens (including phenoxy) is 1. The van der Waals surface area contributed by atoms with E-state index in [0.29, 0.717) is 18.9 Å². The van der Waals surface area contributed by atoms with Crippen molar-refractivity contribution in [2.24, 2.45) is 5.92 Å². The Balaban J connectivity index is 3.90. The van der Waals surface area contributed by atoms with Gasteiger partial charge in [-0.25, -0.2) is 0 Å². The van der Waals surface area contributed by atoms with Gasteiger partial charge in [0.2, 0.25) is 0 Å². The number of carbonyl (C=O) groups is 1. The SMILES string of the molecule is CCCCCCCCCCCCCCCC(=O)OCC(CCCCCCCCC)CCCCCCCCCCC. The zero-order valence-corrected chi connectivity index (χ0v) is 28.2. The van der Waals surface area contributed by atoms with Crippen molar-refractivity contribution in [1.82, 2.24) is 0 Å². The summed E-state index contributed by atoms with van der Waals surface area (Å²) < 4.78 is 5.82. The van der Waals surface area contributed by atoms with E-state index in [2.05, 4.69) is 20.8 Å². The van der Waals surface area contributed by atoms with Gasteiger partial charge in [0.1, 0.15) is 0 Å². The second kappa shape index (κ2) is 34.7. The molecule has 40 heavy (non-hydrogen) atoms. The second-order valence-electron chi connectivity index (χ2n) is 13.1. The van der Waals surface area contributed by atoms with Crippen LogP contribution in [0.4, 0.5) is 0 Å². The molecule has 0 N–H and O–H groups in total. The van der Waals surface area contributed by atoms with Crippen molar-refractivity contribution in [3.05, 3.63) is 0 Å². The molecular weight excluding hydrogens is 488 g/mol. The van der Waals surface area contributed by atoms with Gasteiger partial charge < -0.3 is 4.74 Å². The fourth-order valence-corrected chi connectivity index (χ4v) is 6.01. The van der Waals surface area contributed by atoms with Crippen LogP contribution in [0.5, 0.6) is 0 Å². The largest absolute Gasteiger partial charge is 0.465 e. The highest BCUT2D eigenvalue weighted by molar-refractivity contribution is 5.69. The molecule has 0 aromatic rings. The average molecular weight is 565 g/mol. The number of hydrogen-bond donors (Lipinski definition) is 0. The molecule has 0 bridgehead atoms. The first-order valence-corrected chi connectivity index (χ1v) is 18.9. The van der Waals surface area contributed by atoms with Crippen LogP contribution in [0, 0.1) is 5.92 Å². The van der Waals surface area contributed by atoms with Gasteiger partial charge in [0.15, 0.2) is 0 Å². The molecule has 0 aliphatic carbocycles. The smallest absolute Gasteiger partial charge is 0.305 e. The predicted octanol–water partition coefficient (Wildman–Crippen LogP) is 13.7. The van der Waals surface area contributed by atoms with E-state index < -0.39 is 0 Å². The lowest BCUT2D eigenvalue weighted by atomic mass is 9.94. The summed E-state index contributed by atoms with van der Waals surface area (Å²) in [5.41, 5.74) is 0. The predicted molar refractivity (Wildman–Crippen MR) is 179 cm³/mol.